The number of nitrogens with zero attached hydrogens (tertiary/aromatic N) is 2. The van der Waals surface area contributed by atoms with Crippen molar-refractivity contribution in [3.63, 3.8) is 0 Å². The minimum atomic E-state index is -0.876. The Morgan fingerprint density at radius 3 is 2.52 bits per heavy atom. The molecule has 1 aliphatic rings. The molecule has 1 aromatic rings. The van der Waals surface area contributed by atoms with Crippen LogP contribution in [0.3, 0.4) is 0 Å². The first-order valence-corrected chi connectivity index (χ1v) is 8.70. The van der Waals surface area contributed by atoms with Gasteiger partial charge < -0.3 is 25.4 Å². The van der Waals surface area contributed by atoms with Crippen molar-refractivity contribution in [3.05, 3.63) is 29.8 Å². The van der Waals surface area contributed by atoms with Gasteiger partial charge in [-0.2, -0.15) is 0 Å². The largest absolute Gasteiger partial charge is 0.497 e. The van der Waals surface area contributed by atoms with Crippen LogP contribution in [0.5, 0.6) is 5.75 Å². The van der Waals surface area contributed by atoms with Gasteiger partial charge in [0.2, 0.25) is 11.8 Å². The number of methoxy groups -OCH3 is 1. The molecule has 27 heavy (non-hydrogen) atoms. The van der Waals surface area contributed by atoms with Crippen molar-refractivity contribution < 1.29 is 23.9 Å². The SMILES string of the molecule is COc1ccc(CNC(=O)CN2CCN(C(C)=O)CC2COC(N)=O)cc1. The van der Waals surface area contributed by atoms with Crippen LogP contribution in [0, 0.1) is 0 Å². The summed E-state index contributed by atoms with van der Waals surface area (Å²) >= 11 is 0. The molecule has 0 aromatic heterocycles. The summed E-state index contributed by atoms with van der Waals surface area (Å²) in [4.78, 5) is 38.4. The smallest absolute Gasteiger partial charge is 0.404 e. The van der Waals surface area contributed by atoms with E-state index < -0.39 is 6.09 Å². The van der Waals surface area contributed by atoms with Crippen molar-refractivity contribution in [3.8, 4) is 5.75 Å². The highest BCUT2D eigenvalue weighted by Crippen LogP contribution is 2.12. The summed E-state index contributed by atoms with van der Waals surface area (Å²) < 4.78 is 9.99. The summed E-state index contributed by atoms with van der Waals surface area (Å²) in [6.07, 6.45) is -0.876. The predicted octanol–water partition coefficient (Wildman–Crippen LogP) is -0.0606. The van der Waals surface area contributed by atoms with E-state index in [0.29, 0.717) is 26.2 Å². The van der Waals surface area contributed by atoms with E-state index in [0.717, 1.165) is 11.3 Å². The van der Waals surface area contributed by atoms with Gasteiger partial charge in [-0.25, -0.2) is 4.79 Å². The van der Waals surface area contributed by atoms with Crippen LogP contribution in [0.1, 0.15) is 12.5 Å². The molecule has 1 saturated heterocycles. The normalized spacial score (nSPS) is 17.3. The first-order valence-electron chi connectivity index (χ1n) is 8.70. The van der Waals surface area contributed by atoms with Crippen LogP contribution in [-0.4, -0.2) is 73.6 Å². The van der Waals surface area contributed by atoms with Crippen LogP contribution in [0.15, 0.2) is 24.3 Å². The van der Waals surface area contributed by atoms with Gasteiger partial charge in [-0.15, -0.1) is 0 Å². The summed E-state index contributed by atoms with van der Waals surface area (Å²) in [7, 11) is 1.60. The molecule has 0 bridgehead atoms. The van der Waals surface area contributed by atoms with Crippen molar-refractivity contribution in [2.24, 2.45) is 5.73 Å². The Morgan fingerprint density at radius 1 is 1.22 bits per heavy atom. The molecule has 148 valence electrons. The van der Waals surface area contributed by atoms with Crippen LogP contribution in [0.4, 0.5) is 4.79 Å². The second-order valence-corrected chi connectivity index (χ2v) is 6.34. The lowest BCUT2D eigenvalue weighted by Crippen LogP contribution is -2.58. The Bertz CT molecular complexity index is 664. The number of nitrogens with two attached hydrogens (primary N) is 1. The summed E-state index contributed by atoms with van der Waals surface area (Å²) in [6, 6.07) is 7.16. The van der Waals surface area contributed by atoms with E-state index in [2.05, 4.69) is 5.32 Å². The fourth-order valence-corrected chi connectivity index (χ4v) is 2.91. The predicted molar refractivity (Wildman–Crippen MR) is 98.0 cm³/mol. The van der Waals surface area contributed by atoms with Gasteiger partial charge in [0.1, 0.15) is 12.4 Å². The van der Waals surface area contributed by atoms with E-state index in [1.807, 2.05) is 29.2 Å². The average molecular weight is 378 g/mol. The minimum absolute atomic E-state index is 0.0326. The zero-order valence-corrected chi connectivity index (χ0v) is 15.6. The van der Waals surface area contributed by atoms with E-state index in [4.69, 9.17) is 15.2 Å². The molecule has 9 nitrogen and oxygen atoms in total. The lowest BCUT2D eigenvalue weighted by Gasteiger charge is -2.40. The Morgan fingerprint density at radius 2 is 1.93 bits per heavy atom. The van der Waals surface area contributed by atoms with Crippen LogP contribution in [0.2, 0.25) is 0 Å². The number of carbonyl (C=O) groups excluding carboxylic acids is 3. The monoisotopic (exact) mass is 378 g/mol. The van der Waals surface area contributed by atoms with Crippen molar-refractivity contribution >= 4 is 17.9 Å². The highest BCUT2D eigenvalue weighted by atomic mass is 16.5. The topological polar surface area (TPSA) is 114 Å². The fraction of sp³-hybridized carbons (Fsp3) is 0.500. The molecule has 1 heterocycles. The van der Waals surface area contributed by atoms with Gasteiger partial charge in [-0.05, 0) is 17.7 Å². The van der Waals surface area contributed by atoms with Gasteiger partial charge >= 0.3 is 6.09 Å². The summed E-state index contributed by atoms with van der Waals surface area (Å²) in [5, 5.41) is 2.87. The lowest BCUT2D eigenvalue weighted by atomic mass is 10.1. The highest BCUT2D eigenvalue weighted by Gasteiger charge is 2.30. The summed E-state index contributed by atoms with van der Waals surface area (Å²) in [5.74, 6) is 0.555. The zero-order chi connectivity index (χ0) is 19.8. The maximum atomic E-state index is 12.3. The Balaban J connectivity index is 1.88. The summed E-state index contributed by atoms with van der Waals surface area (Å²) in [5.41, 5.74) is 5.99. The molecule has 0 spiro atoms. The number of rotatable bonds is 7. The van der Waals surface area contributed by atoms with Gasteiger partial charge in [0.05, 0.1) is 19.7 Å². The third-order valence-electron chi connectivity index (χ3n) is 4.46. The van der Waals surface area contributed by atoms with Crippen LogP contribution in [0.25, 0.3) is 0 Å². The van der Waals surface area contributed by atoms with E-state index in [1.165, 1.54) is 6.92 Å². The van der Waals surface area contributed by atoms with E-state index in [1.54, 1.807) is 12.0 Å². The number of nitrogens with one attached hydrogen (secondary N) is 1. The van der Waals surface area contributed by atoms with Crippen molar-refractivity contribution in [1.82, 2.24) is 15.1 Å². The first-order chi connectivity index (χ1) is 12.9. The minimum Gasteiger partial charge on any atom is -0.497 e. The van der Waals surface area contributed by atoms with Crippen molar-refractivity contribution in [2.75, 3.05) is 39.9 Å². The van der Waals surface area contributed by atoms with E-state index in [-0.39, 0.29) is 31.0 Å². The van der Waals surface area contributed by atoms with Gasteiger partial charge in [-0.3, -0.25) is 14.5 Å². The van der Waals surface area contributed by atoms with E-state index >= 15 is 0 Å². The molecule has 1 atom stereocenters. The average Bonchev–Trinajstić information content (AvgIpc) is 2.65. The van der Waals surface area contributed by atoms with Crippen LogP contribution < -0.4 is 15.8 Å². The number of carbonyl (C=O) groups is 3. The molecule has 1 unspecified atom stereocenters. The maximum absolute atomic E-state index is 12.3. The summed E-state index contributed by atoms with van der Waals surface area (Å²) in [6.45, 7) is 3.49. The lowest BCUT2D eigenvalue weighted by molar-refractivity contribution is -0.133. The molecule has 0 radical (unpaired) electrons. The number of hydrogen-bond acceptors (Lipinski definition) is 6. The molecule has 2 rings (SSSR count). The molecule has 3 N–H and O–H groups in total. The number of amides is 3. The zero-order valence-electron chi connectivity index (χ0n) is 15.6. The molecule has 1 fully saturated rings. The second-order valence-electron chi connectivity index (χ2n) is 6.34. The number of ether oxygens (including phenoxy) is 2. The highest BCUT2D eigenvalue weighted by molar-refractivity contribution is 5.78. The molecular formula is C18H26N4O5. The number of piperazine rings is 1. The number of benzene rings is 1. The fourth-order valence-electron chi connectivity index (χ4n) is 2.91. The van der Waals surface area contributed by atoms with Gasteiger partial charge in [0.15, 0.2) is 0 Å². The third kappa shape index (κ3) is 6.45. The molecule has 1 aromatic carbocycles. The molecule has 3 amide bonds. The first kappa shape index (κ1) is 20.5. The Hall–Kier alpha value is -2.81. The van der Waals surface area contributed by atoms with Crippen LogP contribution in [-0.2, 0) is 20.9 Å². The van der Waals surface area contributed by atoms with Crippen molar-refractivity contribution in [1.29, 1.82) is 0 Å². The van der Waals surface area contributed by atoms with Crippen molar-refractivity contribution in [2.45, 2.75) is 19.5 Å². The van der Waals surface area contributed by atoms with E-state index in [9.17, 15) is 14.4 Å². The molecule has 1 aliphatic heterocycles. The Labute approximate surface area is 158 Å². The maximum Gasteiger partial charge on any atom is 0.404 e. The quantitative estimate of drug-likeness (QED) is 0.687. The molecule has 0 aliphatic carbocycles. The number of primary amides is 1. The van der Waals surface area contributed by atoms with Gasteiger partial charge in [0, 0.05) is 33.1 Å². The second kappa shape index (κ2) is 9.77. The molecule has 9 heteroatoms. The Kier molecular flexibility index (Phi) is 7.42. The number of hydrogen-bond donors (Lipinski definition) is 2. The molecular weight excluding hydrogens is 352 g/mol. The van der Waals surface area contributed by atoms with Gasteiger partial charge in [-0.1, -0.05) is 12.1 Å². The van der Waals surface area contributed by atoms with Crippen LogP contribution >= 0.6 is 0 Å². The van der Waals surface area contributed by atoms with Gasteiger partial charge in [0.25, 0.3) is 0 Å². The standard InChI is InChI=1S/C18H26N4O5/c1-13(23)21-7-8-22(15(10-21)12-27-18(19)25)11-17(24)20-9-14-3-5-16(26-2)6-4-14/h3-6,15H,7-12H2,1-2H3,(H2,19,25)(H,20,24). The molecule has 0 saturated carbocycles. The third-order valence-corrected chi connectivity index (χ3v) is 4.46.